The molecule has 0 bridgehead atoms. The van der Waals surface area contributed by atoms with E-state index in [2.05, 4.69) is 93.7 Å². The van der Waals surface area contributed by atoms with Gasteiger partial charge in [-0.1, -0.05) is 225 Å². The zero-order valence-corrected chi connectivity index (χ0v) is 40.7. The first-order valence-electron chi connectivity index (χ1n) is 25.3. The lowest BCUT2D eigenvalue weighted by Crippen LogP contribution is -2.30. The highest BCUT2D eigenvalue weighted by molar-refractivity contribution is 5.71. The van der Waals surface area contributed by atoms with Crippen molar-refractivity contribution in [3.05, 3.63) is 134 Å². The van der Waals surface area contributed by atoms with Crippen molar-refractivity contribution in [3.8, 4) is 0 Å². The Morgan fingerprint density at radius 1 is 0.328 bits per heavy atom. The summed E-state index contributed by atoms with van der Waals surface area (Å²) < 4.78 is 16.7. The van der Waals surface area contributed by atoms with Crippen LogP contribution >= 0.6 is 0 Å². The van der Waals surface area contributed by atoms with E-state index in [0.717, 1.165) is 109 Å². The minimum absolute atomic E-state index is 0.107. The van der Waals surface area contributed by atoms with Gasteiger partial charge in [0.2, 0.25) is 0 Å². The normalized spacial score (nSPS) is 13.2. The van der Waals surface area contributed by atoms with Crippen molar-refractivity contribution in [1.82, 2.24) is 0 Å². The van der Waals surface area contributed by atoms with Crippen LogP contribution in [0, 0.1) is 0 Å². The van der Waals surface area contributed by atoms with Gasteiger partial charge in [-0.3, -0.25) is 14.4 Å². The molecule has 0 amide bonds. The Morgan fingerprint density at radius 3 is 1.06 bits per heavy atom. The summed E-state index contributed by atoms with van der Waals surface area (Å²) in [4.78, 5) is 38.0. The molecule has 0 aromatic carbocycles. The number of hydrogen-bond acceptors (Lipinski definition) is 6. The van der Waals surface area contributed by atoms with Crippen molar-refractivity contribution in [2.75, 3.05) is 13.2 Å². The van der Waals surface area contributed by atoms with Crippen molar-refractivity contribution < 1.29 is 28.6 Å². The molecule has 358 valence electrons. The molecule has 64 heavy (non-hydrogen) atoms. The molecule has 6 nitrogen and oxygen atoms in total. The predicted molar refractivity (Wildman–Crippen MR) is 274 cm³/mol. The lowest BCUT2D eigenvalue weighted by molar-refractivity contribution is -0.167. The Hall–Kier alpha value is -4.45. The molecule has 0 aliphatic carbocycles. The summed E-state index contributed by atoms with van der Waals surface area (Å²) >= 11 is 0. The van der Waals surface area contributed by atoms with Crippen LogP contribution in [0.5, 0.6) is 0 Å². The van der Waals surface area contributed by atoms with Crippen LogP contribution in [0.2, 0.25) is 0 Å². The smallest absolute Gasteiger partial charge is 0.306 e. The molecule has 6 heteroatoms. The Labute approximate surface area is 392 Å². The van der Waals surface area contributed by atoms with E-state index >= 15 is 0 Å². The molecule has 0 rings (SSSR count). The van der Waals surface area contributed by atoms with Crippen LogP contribution in [0.1, 0.15) is 194 Å². The van der Waals surface area contributed by atoms with Gasteiger partial charge in [-0.15, -0.1) is 0 Å². The van der Waals surface area contributed by atoms with Crippen LogP contribution < -0.4 is 0 Å². The minimum Gasteiger partial charge on any atom is -0.462 e. The summed E-state index contributed by atoms with van der Waals surface area (Å²) in [5, 5.41) is 0. The van der Waals surface area contributed by atoms with Gasteiger partial charge < -0.3 is 14.2 Å². The van der Waals surface area contributed by atoms with Gasteiger partial charge in [-0.25, -0.2) is 0 Å². The maximum Gasteiger partial charge on any atom is 0.306 e. The zero-order valence-electron chi connectivity index (χ0n) is 40.7. The molecule has 0 spiro atoms. The van der Waals surface area contributed by atoms with E-state index in [9.17, 15) is 14.4 Å². The highest BCUT2D eigenvalue weighted by atomic mass is 16.6. The molecule has 0 aliphatic rings. The van der Waals surface area contributed by atoms with Gasteiger partial charge in [0.1, 0.15) is 13.2 Å². The van der Waals surface area contributed by atoms with E-state index in [0.29, 0.717) is 19.3 Å². The summed E-state index contributed by atoms with van der Waals surface area (Å²) in [6, 6.07) is 0. The molecule has 0 aromatic heterocycles. The lowest BCUT2D eigenvalue weighted by Gasteiger charge is -2.18. The summed E-state index contributed by atoms with van der Waals surface area (Å²) in [5.74, 6) is -0.982. The molecule has 0 N–H and O–H groups in total. The lowest BCUT2D eigenvalue weighted by atomic mass is 10.1. The molecular formula is C58H90O6. The summed E-state index contributed by atoms with van der Waals surface area (Å²) in [5.41, 5.74) is 0. The number of ether oxygens (including phenoxy) is 3. The van der Waals surface area contributed by atoms with E-state index in [1.54, 1.807) is 0 Å². The van der Waals surface area contributed by atoms with Crippen LogP contribution in [-0.4, -0.2) is 37.2 Å². The number of allylic oxidation sites excluding steroid dienone is 22. The minimum atomic E-state index is -0.811. The highest BCUT2D eigenvalue weighted by Crippen LogP contribution is 2.14. The maximum absolute atomic E-state index is 12.8. The van der Waals surface area contributed by atoms with Crippen molar-refractivity contribution in [2.24, 2.45) is 0 Å². The van der Waals surface area contributed by atoms with Gasteiger partial charge in [-0.05, 0) is 83.5 Å². The first-order chi connectivity index (χ1) is 31.5. The average Bonchev–Trinajstić information content (AvgIpc) is 3.29. The highest BCUT2D eigenvalue weighted by Gasteiger charge is 2.19. The molecule has 0 saturated carbocycles. The Kier molecular flexibility index (Phi) is 47.6. The van der Waals surface area contributed by atoms with Crippen LogP contribution in [0.15, 0.2) is 134 Å². The fourth-order valence-electron chi connectivity index (χ4n) is 6.39. The summed E-state index contributed by atoms with van der Waals surface area (Å²) in [6.07, 6.45) is 71.4. The summed E-state index contributed by atoms with van der Waals surface area (Å²) in [6.45, 7) is 6.18. The van der Waals surface area contributed by atoms with E-state index in [1.807, 2.05) is 60.8 Å². The maximum atomic E-state index is 12.8. The largest absolute Gasteiger partial charge is 0.462 e. The van der Waals surface area contributed by atoms with Crippen LogP contribution in [0.4, 0.5) is 0 Å². The number of carbonyl (C=O) groups is 3. The number of unbranched alkanes of at least 4 members (excludes halogenated alkanes) is 17. The Morgan fingerprint density at radius 2 is 0.641 bits per heavy atom. The molecule has 0 aliphatic heterocycles. The summed E-state index contributed by atoms with van der Waals surface area (Å²) in [7, 11) is 0. The van der Waals surface area contributed by atoms with Crippen molar-refractivity contribution >= 4 is 17.9 Å². The van der Waals surface area contributed by atoms with E-state index in [1.165, 1.54) is 44.9 Å². The molecule has 0 fully saturated rings. The van der Waals surface area contributed by atoms with Gasteiger partial charge in [-0.2, -0.15) is 0 Å². The molecule has 0 aromatic rings. The molecule has 1 atom stereocenters. The van der Waals surface area contributed by atoms with E-state index in [4.69, 9.17) is 14.2 Å². The van der Waals surface area contributed by atoms with Gasteiger partial charge in [0.05, 0.1) is 0 Å². The van der Waals surface area contributed by atoms with Crippen molar-refractivity contribution in [2.45, 2.75) is 200 Å². The third-order valence-electron chi connectivity index (χ3n) is 10.1. The van der Waals surface area contributed by atoms with Gasteiger partial charge >= 0.3 is 17.9 Å². The molecular weight excluding hydrogens is 793 g/mol. The number of hydrogen-bond donors (Lipinski definition) is 0. The molecule has 1 unspecified atom stereocenters. The first kappa shape index (κ1) is 59.5. The number of rotatable bonds is 43. The quantitative estimate of drug-likeness (QED) is 0.0200. The van der Waals surface area contributed by atoms with Crippen molar-refractivity contribution in [3.63, 3.8) is 0 Å². The molecule has 0 heterocycles. The van der Waals surface area contributed by atoms with Crippen LogP contribution in [-0.2, 0) is 28.6 Å². The second-order valence-electron chi connectivity index (χ2n) is 16.1. The monoisotopic (exact) mass is 883 g/mol. The second kappa shape index (κ2) is 51.2. The standard InChI is InChI=1S/C58H90O6/c1-4-7-10-13-16-19-22-25-28-29-31-33-36-39-42-45-48-51-57(60)63-54-55(53-62-56(59)50-47-44-41-38-35-32-27-24-21-18-15-12-9-6-3)64-58(61)52-49-46-43-40-37-34-30-26-23-20-17-14-11-8-5-2/h7-14,16-23,25,28-29,31,33,36,55H,4-6,15,24,26-27,30,32,34-35,37-54H2,1-3H3/b10-7-,11-8-,12-9-,16-13-,17-14-,21-18-,22-19-,23-20-,28-25-,31-29+,36-33-. The fourth-order valence-corrected chi connectivity index (χ4v) is 6.39. The van der Waals surface area contributed by atoms with Crippen molar-refractivity contribution in [1.29, 1.82) is 0 Å². The second-order valence-corrected chi connectivity index (χ2v) is 16.1. The van der Waals surface area contributed by atoms with Gasteiger partial charge in [0.25, 0.3) is 0 Å². The number of carbonyl (C=O) groups excluding carboxylic acids is 3. The SMILES string of the molecule is CC\C=C/C=C\C=C/C=C\C=C\C=C/CCCCCC(=O)OCC(COC(=O)CCCCCCCCC/C=C\C/C=C\CC)OC(=O)CCCCCCCCC\C=C/C=C\C=C/CC. The topological polar surface area (TPSA) is 78.9 Å². The van der Waals surface area contributed by atoms with E-state index in [-0.39, 0.29) is 31.1 Å². The average molecular weight is 883 g/mol. The Balaban J connectivity index is 4.54. The molecule has 0 saturated heterocycles. The van der Waals surface area contributed by atoms with Gasteiger partial charge in [0.15, 0.2) is 6.10 Å². The predicted octanol–water partition coefficient (Wildman–Crippen LogP) is 16.7. The first-order valence-corrected chi connectivity index (χ1v) is 25.3. The Bertz CT molecular complexity index is 1430. The molecule has 0 radical (unpaired) electrons. The third-order valence-corrected chi connectivity index (χ3v) is 10.1. The van der Waals surface area contributed by atoms with Crippen LogP contribution in [0.3, 0.4) is 0 Å². The third kappa shape index (κ3) is 48.6. The zero-order chi connectivity index (χ0) is 46.5. The number of esters is 3. The van der Waals surface area contributed by atoms with E-state index < -0.39 is 6.10 Å². The fraction of sp³-hybridized carbons (Fsp3) is 0.569. The van der Waals surface area contributed by atoms with Gasteiger partial charge in [0, 0.05) is 19.3 Å². The van der Waals surface area contributed by atoms with Crippen LogP contribution in [0.25, 0.3) is 0 Å².